The Morgan fingerprint density at radius 1 is 1.04 bits per heavy atom. The lowest BCUT2D eigenvalue weighted by Crippen LogP contribution is -2.13. The first-order chi connectivity index (χ1) is 11.0. The molecule has 1 aliphatic rings. The van der Waals surface area contributed by atoms with E-state index in [0.717, 1.165) is 12.0 Å². The molecule has 0 bridgehead atoms. The molecule has 1 fully saturated rings. The van der Waals surface area contributed by atoms with E-state index in [0.29, 0.717) is 16.5 Å². The van der Waals surface area contributed by atoms with Gasteiger partial charge in [0.1, 0.15) is 0 Å². The van der Waals surface area contributed by atoms with Gasteiger partial charge in [-0.05, 0) is 54.3 Å². The Morgan fingerprint density at radius 3 is 2.17 bits per heavy atom. The van der Waals surface area contributed by atoms with Crippen molar-refractivity contribution in [2.45, 2.75) is 29.4 Å². The summed E-state index contributed by atoms with van der Waals surface area (Å²) in [5, 5.41) is 0.0861. The number of hydrogen-bond acceptors (Lipinski definition) is 3. The van der Waals surface area contributed by atoms with E-state index in [-0.39, 0.29) is 11.8 Å². The molecule has 0 amide bonds. The van der Waals surface area contributed by atoms with E-state index < -0.39 is 15.1 Å². The summed E-state index contributed by atoms with van der Waals surface area (Å²) in [5.41, 5.74) is 8.12. The summed E-state index contributed by atoms with van der Waals surface area (Å²) in [4.78, 5) is 0.318. The first-order valence-electron chi connectivity index (χ1n) is 7.77. The third kappa shape index (κ3) is 3.03. The van der Waals surface area contributed by atoms with E-state index >= 15 is 0 Å². The zero-order valence-electron chi connectivity index (χ0n) is 12.9. The molecule has 0 unspecified atom stereocenters. The van der Waals surface area contributed by atoms with Crippen molar-refractivity contribution in [3.8, 4) is 0 Å². The zero-order chi connectivity index (χ0) is 16.6. The fourth-order valence-electron chi connectivity index (χ4n) is 3.24. The summed E-state index contributed by atoms with van der Waals surface area (Å²) in [6.45, 7) is 2.47. The van der Waals surface area contributed by atoms with Crippen LogP contribution < -0.4 is 5.73 Å². The molecule has 0 aliphatic heterocycles. The molecule has 2 aromatic carbocycles. The standard InChI is InChI=1S/C18H20ClNO2S/c1-2-12-3-5-13(6-4-12)17-16(11-20)18(17)23(21,22)15-9-7-14(19)8-10-15/h3-10,16-18H,2,11,20H2,1H3/t16-,17+,18+/m0/s1. The van der Waals surface area contributed by atoms with Crippen molar-refractivity contribution in [1.82, 2.24) is 0 Å². The fraction of sp³-hybridized carbons (Fsp3) is 0.333. The maximum atomic E-state index is 12.9. The number of sulfone groups is 1. The van der Waals surface area contributed by atoms with E-state index in [1.165, 1.54) is 5.56 Å². The second-order valence-corrected chi connectivity index (χ2v) is 8.53. The van der Waals surface area contributed by atoms with E-state index in [1.54, 1.807) is 24.3 Å². The Morgan fingerprint density at radius 2 is 1.65 bits per heavy atom. The van der Waals surface area contributed by atoms with Gasteiger partial charge < -0.3 is 5.73 Å². The highest BCUT2D eigenvalue weighted by Gasteiger charge is 2.57. The monoisotopic (exact) mass is 349 g/mol. The molecule has 0 radical (unpaired) electrons. The molecular formula is C18H20ClNO2S. The van der Waals surface area contributed by atoms with Crippen LogP contribution in [0.1, 0.15) is 24.0 Å². The van der Waals surface area contributed by atoms with Crippen molar-refractivity contribution >= 4 is 21.4 Å². The largest absolute Gasteiger partial charge is 0.330 e. The van der Waals surface area contributed by atoms with Crippen molar-refractivity contribution in [2.75, 3.05) is 6.54 Å². The molecule has 2 aromatic rings. The van der Waals surface area contributed by atoms with Gasteiger partial charge in [-0.3, -0.25) is 0 Å². The van der Waals surface area contributed by atoms with Gasteiger partial charge >= 0.3 is 0 Å². The fourth-order valence-corrected chi connectivity index (χ4v) is 5.59. The molecule has 2 N–H and O–H groups in total. The minimum absolute atomic E-state index is 0.0217. The first-order valence-corrected chi connectivity index (χ1v) is 9.69. The van der Waals surface area contributed by atoms with Crippen molar-refractivity contribution in [3.63, 3.8) is 0 Å². The van der Waals surface area contributed by atoms with Crippen LogP contribution in [0, 0.1) is 5.92 Å². The molecule has 3 atom stereocenters. The van der Waals surface area contributed by atoms with Crippen molar-refractivity contribution in [1.29, 1.82) is 0 Å². The highest BCUT2D eigenvalue weighted by Crippen LogP contribution is 2.53. The normalized spacial score (nSPS) is 23.7. The number of aryl methyl sites for hydroxylation is 1. The van der Waals surface area contributed by atoms with Gasteiger partial charge in [-0.2, -0.15) is 0 Å². The van der Waals surface area contributed by atoms with Crippen LogP contribution in [0.15, 0.2) is 53.4 Å². The van der Waals surface area contributed by atoms with Crippen LogP contribution in [0.25, 0.3) is 0 Å². The lowest BCUT2D eigenvalue weighted by molar-refractivity contribution is 0.591. The number of hydrogen-bond donors (Lipinski definition) is 1. The molecule has 5 heteroatoms. The van der Waals surface area contributed by atoms with Gasteiger partial charge in [-0.15, -0.1) is 0 Å². The Bertz CT molecular complexity index is 785. The second kappa shape index (κ2) is 6.27. The van der Waals surface area contributed by atoms with Crippen LogP contribution in [0.2, 0.25) is 5.02 Å². The average Bonchev–Trinajstić information content (AvgIpc) is 3.31. The third-order valence-electron chi connectivity index (χ3n) is 4.64. The van der Waals surface area contributed by atoms with Crippen molar-refractivity contribution in [3.05, 3.63) is 64.7 Å². The minimum atomic E-state index is -3.40. The molecule has 3 nitrogen and oxygen atoms in total. The van der Waals surface area contributed by atoms with Crippen LogP contribution in [0.5, 0.6) is 0 Å². The summed E-state index contributed by atoms with van der Waals surface area (Å²) >= 11 is 5.85. The maximum Gasteiger partial charge on any atom is 0.182 e. The molecule has 122 valence electrons. The topological polar surface area (TPSA) is 60.2 Å². The molecule has 1 aliphatic carbocycles. The molecule has 0 spiro atoms. The second-order valence-electron chi connectivity index (χ2n) is 5.98. The molecule has 0 aromatic heterocycles. The summed E-state index contributed by atoms with van der Waals surface area (Å²) in [6, 6.07) is 14.5. The molecule has 0 saturated heterocycles. The van der Waals surface area contributed by atoms with Crippen molar-refractivity contribution in [2.24, 2.45) is 11.7 Å². The van der Waals surface area contributed by atoms with Crippen LogP contribution in [0.4, 0.5) is 0 Å². The van der Waals surface area contributed by atoms with Gasteiger partial charge in [0, 0.05) is 10.9 Å². The molecule has 23 heavy (non-hydrogen) atoms. The Labute approximate surface area is 142 Å². The highest BCUT2D eigenvalue weighted by atomic mass is 35.5. The Kier molecular flexibility index (Phi) is 4.50. The van der Waals surface area contributed by atoms with Crippen LogP contribution in [0.3, 0.4) is 0 Å². The van der Waals surface area contributed by atoms with Gasteiger partial charge in [-0.1, -0.05) is 42.8 Å². The summed E-state index contributed by atoms with van der Waals surface area (Å²) < 4.78 is 25.8. The van der Waals surface area contributed by atoms with Gasteiger partial charge in [0.25, 0.3) is 0 Å². The molecule has 0 heterocycles. The van der Waals surface area contributed by atoms with E-state index in [9.17, 15) is 8.42 Å². The van der Waals surface area contributed by atoms with Gasteiger partial charge in [0.15, 0.2) is 9.84 Å². The first kappa shape index (κ1) is 16.5. The minimum Gasteiger partial charge on any atom is -0.330 e. The number of rotatable bonds is 5. The molecule has 1 saturated carbocycles. The number of benzene rings is 2. The Balaban J connectivity index is 1.90. The predicted molar refractivity (Wildman–Crippen MR) is 93.5 cm³/mol. The lowest BCUT2D eigenvalue weighted by Gasteiger charge is -2.05. The van der Waals surface area contributed by atoms with Gasteiger partial charge in [0.2, 0.25) is 0 Å². The highest BCUT2D eigenvalue weighted by molar-refractivity contribution is 7.92. The predicted octanol–water partition coefficient (Wildman–Crippen LogP) is 3.42. The molecule has 3 rings (SSSR count). The summed E-state index contributed by atoms with van der Waals surface area (Å²) in [5.74, 6) is -0.0465. The molecular weight excluding hydrogens is 330 g/mol. The van der Waals surface area contributed by atoms with Crippen molar-refractivity contribution < 1.29 is 8.42 Å². The smallest absolute Gasteiger partial charge is 0.182 e. The van der Waals surface area contributed by atoms with E-state index in [2.05, 4.69) is 19.1 Å². The van der Waals surface area contributed by atoms with Gasteiger partial charge in [0.05, 0.1) is 10.1 Å². The van der Waals surface area contributed by atoms with E-state index in [1.807, 2.05) is 12.1 Å². The summed E-state index contributed by atoms with van der Waals surface area (Å²) in [7, 11) is -3.40. The third-order valence-corrected chi connectivity index (χ3v) is 7.18. The van der Waals surface area contributed by atoms with Crippen LogP contribution >= 0.6 is 11.6 Å². The quantitative estimate of drug-likeness (QED) is 0.899. The lowest BCUT2D eigenvalue weighted by atomic mass is 10.1. The SMILES string of the molecule is CCc1ccc([C@@H]2[C@H](CN)[C@H]2S(=O)(=O)c2ccc(Cl)cc2)cc1. The van der Waals surface area contributed by atoms with Crippen LogP contribution in [-0.2, 0) is 16.3 Å². The number of nitrogens with two attached hydrogens (primary N) is 1. The maximum absolute atomic E-state index is 12.9. The van der Waals surface area contributed by atoms with E-state index in [4.69, 9.17) is 17.3 Å². The zero-order valence-corrected chi connectivity index (χ0v) is 14.5. The summed E-state index contributed by atoms with van der Waals surface area (Å²) in [6.07, 6.45) is 0.970. The van der Waals surface area contributed by atoms with Crippen LogP contribution in [-0.4, -0.2) is 20.2 Å². The number of halogens is 1. The van der Waals surface area contributed by atoms with Gasteiger partial charge in [-0.25, -0.2) is 8.42 Å². The average molecular weight is 350 g/mol. The Hall–Kier alpha value is -1.36.